The molecule has 1 saturated heterocycles. The summed E-state index contributed by atoms with van der Waals surface area (Å²) >= 11 is 0. The molecular formula is C13H23N3. The molecule has 2 aliphatic rings. The van der Waals surface area contributed by atoms with Crippen molar-refractivity contribution >= 4 is 11.9 Å². The first kappa shape index (κ1) is 11.8. The van der Waals surface area contributed by atoms with Gasteiger partial charge in [-0.15, -0.1) is 0 Å². The summed E-state index contributed by atoms with van der Waals surface area (Å²) in [5.74, 6) is 0.660. The zero-order valence-electron chi connectivity index (χ0n) is 10.9. The van der Waals surface area contributed by atoms with Crippen molar-refractivity contribution in [3.8, 4) is 0 Å². The number of piperidine rings is 1. The lowest BCUT2D eigenvalue weighted by Gasteiger charge is -2.30. The highest BCUT2D eigenvalue weighted by molar-refractivity contribution is 6.33. The van der Waals surface area contributed by atoms with Gasteiger partial charge in [-0.2, -0.15) is 0 Å². The van der Waals surface area contributed by atoms with E-state index in [2.05, 4.69) is 37.7 Å². The number of hydrogen-bond acceptors (Lipinski definition) is 3. The average Bonchev–Trinajstić information content (AvgIpc) is 2.67. The fourth-order valence-corrected chi connectivity index (χ4v) is 2.30. The van der Waals surface area contributed by atoms with Crippen LogP contribution in [0.3, 0.4) is 0 Å². The Balaban J connectivity index is 1.99. The molecule has 90 valence electrons. The van der Waals surface area contributed by atoms with E-state index in [1.807, 2.05) is 6.21 Å². The van der Waals surface area contributed by atoms with Gasteiger partial charge in [-0.3, -0.25) is 9.98 Å². The maximum Gasteiger partial charge on any atom is 0.142 e. The molecule has 0 saturated carbocycles. The maximum atomic E-state index is 4.78. The molecule has 3 heteroatoms. The Kier molecular flexibility index (Phi) is 3.15. The second kappa shape index (κ2) is 4.28. The number of rotatable bonds is 1. The Morgan fingerprint density at radius 3 is 2.38 bits per heavy atom. The van der Waals surface area contributed by atoms with E-state index in [0.29, 0.717) is 5.92 Å². The molecule has 0 bridgehead atoms. The van der Waals surface area contributed by atoms with Crippen LogP contribution in [0.5, 0.6) is 0 Å². The first-order valence-electron chi connectivity index (χ1n) is 6.27. The van der Waals surface area contributed by atoms with Crippen molar-refractivity contribution in [1.29, 1.82) is 0 Å². The van der Waals surface area contributed by atoms with Crippen LogP contribution in [0.15, 0.2) is 9.98 Å². The molecule has 1 fully saturated rings. The summed E-state index contributed by atoms with van der Waals surface area (Å²) in [5.41, 5.74) is 1.31. The average molecular weight is 221 g/mol. The van der Waals surface area contributed by atoms with Gasteiger partial charge in [0.15, 0.2) is 0 Å². The normalized spacial score (nSPS) is 28.5. The minimum absolute atomic E-state index is 0.143. The van der Waals surface area contributed by atoms with Crippen molar-refractivity contribution in [2.45, 2.75) is 39.8 Å². The van der Waals surface area contributed by atoms with Crippen LogP contribution in [-0.2, 0) is 0 Å². The molecule has 0 aromatic carbocycles. The minimum Gasteiger partial charge on any atom is -0.306 e. The zero-order valence-corrected chi connectivity index (χ0v) is 10.9. The van der Waals surface area contributed by atoms with Crippen LogP contribution in [0.2, 0.25) is 0 Å². The van der Waals surface area contributed by atoms with Gasteiger partial charge in [0, 0.05) is 17.5 Å². The van der Waals surface area contributed by atoms with Crippen molar-refractivity contribution in [1.82, 2.24) is 4.90 Å². The fourth-order valence-electron chi connectivity index (χ4n) is 2.30. The van der Waals surface area contributed by atoms with E-state index in [0.717, 1.165) is 5.71 Å². The largest absolute Gasteiger partial charge is 0.306 e. The second-order valence-electron chi connectivity index (χ2n) is 6.10. The molecule has 0 spiro atoms. The topological polar surface area (TPSA) is 28.0 Å². The second-order valence-corrected chi connectivity index (χ2v) is 6.10. The van der Waals surface area contributed by atoms with Gasteiger partial charge in [0.1, 0.15) is 6.17 Å². The van der Waals surface area contributed by atoms with Crippen LogP contribution < -0.4 is 0 Å². The molecule has 2 heterocycles. The molecule has 0 amide bonds. The van der Waals surface area contributed by atoms with Crippen LogP contribution in [0, 0.1) is 11.3 Å². The van der Waals surface area contributed by atoms with Crippen molar-refractivity contribution < 1.29 is 0 Å². The first-order valence-corrected chi connectivity index (χ1v) is 6.27. The van der Waals surface area contributed by atoms with E-state index >= 15 is 0 Å². The van der Waals surface area contributed by atoms with Crippen LogP contribution in [0.25, 0.3) is 0 Å². The number of aliphatic imine (C=N–C) groups is 2. The van der Waals surface area contributed by atoms with E-state index in [1.54, 1.807) is 0 Å². The highest BCUT2D eigenvalue weighted by atomic mass is 15.1. The zero-order chi connectivity index (χ0) is 11.8. The predicted molar refractivity (Wildman–Crippen MR) is 69.4 cm³/mol. The third-order valence-electron chi connectivity index (χ3n) is 3.57. The quantitative estimate of drug-likeness (QED) is 0.667. The van der Waals surface area contributed by atoms with E-state index in [9.17, 15) is 0 Å². The van der Waals surface area contributed by atoms with Crippen LogP contribution in [0.1, 0.15) is 33.6 Å². The van der Waals surface area contributed by atoms with Crippen LogP contribution in [0.4, 0.5) is 0 Å². The van der Waals surface area contributed by atoms with Crippen molar-refractivity contribution in [3.05, 3.63) is 0 Å². The van der Waals surface area contributed by atoms with Gasteiger partial charge in [-0.05, 0) is 33.0 Å². The standard InChI is InChI=1S/C13H23N3/c1-13(2,3)11-9-14-12(15-11)10-5-7-16(4)8-6-10/h9-10,12H,5-8H2,1-4H3. The Labute approximate surface area is 98.7 Å². The predicted octanol–water partition coefficient (Wildman–Crippen LogP) is 2.23. The molecule has 2 rings (SSSR count). The van der Waals surface area contributed by atoms with E-state index in [1.165, 1.54) is 25.9 Å². The summed E-state index contributed by atoms with van der Waals surface area (Å²) in [5, 5.41) is 0. The summed E-state index contributed by atoms with van der Waals surface area (Å²) < 4.78 is 0. The smallest absolute Gasteiger partial charge is 0.142 e. The minimum atomic E-state index is 0.143. The van der Waals surface area contributed by atoms with Gasteiger partial charge in [-0.25, -0.2) is 0 Å². The monoisotopic (exact) mass is 221 g/mol. The molecule has 0 N–H and O–H groups in total. The first-order chi connectivity index (χ1) is 7.47. The maximum absolute atomic E-state index is 4.78. The van der Waals surface area contributed by atoms with Crippen molar-refractivity contribution in [3.63, 3.8) is 0 Å². The van der Waals surface area contributed by atoms with E-state index in [4.69, 9.17) is 4.99 Å². The molecule has 3 nitrogen and oxygen atoms in total. The molecule has 0 aromatic rings. The van der Waals surface area contributed by atoms with Gasteiger partial charge in [0.25, 0.3) is 0 Å². The van der Waals surface area contributed by atoms with Gasteiger partial charge in [0.2, 0.25) is 0 Å². The fraction of sp³-hybridized carbons (Fsp3) is 0.846. The third kappa shape index (κ3) is 2.51. The van der Waals surface area contributed by atoms with Gasteiger partial charge < -0.3 is 4.90 Å². The Morgan fingerprint density at radius 2 is 1.88 bits per heavy atom. The lowest BCUT2D eigenvalue weighted by atomic mass is 9.90. The highest BCUT2D eigenvalue weighted by Gasteiger charge is 2.29. The van der Waals surface area contributed by atoms with E-state index in [-0.39, 0.29) is 11.6 Å². The van der Waals surface area contributed by atoms with Crippen molar-refractivity contribution in [2.75, 3.05) is 20.1 Å². The molecule has 2 aliphatic heterocycles. The van der Waals surface area contributed by atoms with E-state index < -0.39 is 0 Å². The summed E-state index contributed by atoms with van der Waals surface area (Å²) in [4.78, 5) is 11.8. The molecule has 0 radical (unpaired) electrons. The van der Waals surface area contributed by atoms with Crippen LogP contribution >= 0.6 is 0 Å². The Hall–Kier alpha value is -0.700. The summed E-state index contributed by atoms with van der Waals surface area (Å²) in [7, 11) is 2.19. The molecule has 1 unspecified atom stereocenters. The Morgan fingerprint density at radius 1 is 1.25 bits per heavy atom. The SMILES string of the molecule is CN1CCC(C2N=CC(C(C)(C)C)=N2)CC1. The van der Waals surface area contributed by atoms with Crippen LogP contribution in [-0.4, -0.2) is 43.1 Å². The molecule has 0 aromatic heterocycles. The molecule has 1 atom stereocenters. The highest BCUT2D eigenvalue weighted by Crippen LogP contribution is 2.27. The van der Waals surface area contributed by atoms with Crippen molar-refractivity contribution in [2.24, 2.45) is 21.3 Å². The number of nitrogens with zero attached hydrogens (tertiary/aromatic N) is 3. The number of likely N-dealkylation sites (tertiary alicyclic amines) is 1. The summed E-state index contributed by atoms with van der Waals surface area (Å²) in [6.45, 7) is 8.99. The third-order valence-corrected chi connectivity index (χ3v) is 3.57. The molecule has 0 aliphatic carbocycles. The lowest BCUT2D eigenvalue weighted by molar-refractivity contribution is 0.202. The van der Waals surface area contributed by atoms with Gasteiger partial charge in [0.05, 0.1) is 5.71 Å². The Bertz CT molecular complexity index is 304. The lowest BCUT2D eigenvalue weighted by Crippen LogP contribution is -2.34. The molecule has 16 heavy (non-hydrogen) atoms. The van der Waals surface area contributed by atoms with Gasteiger partial charge in [-0.1, -0.05) is 20.8 Å². The number of hydrogen-bond donors (Lipinski definition) is 0. The summed E-state index contributed by atoms with van der Waals surface area (Å²) in [6.07, 6.45) is 4.67. The van der Waals surface area contributed by atoms with Gasteiger partial charge >= 0.3 is 0 Å². The molecular weight excluding hydrogens is 198 g/mol. The summed E-state index contributed by atoms with van der Waals surface area (Å²) in [6, 6.07) is 0.